The van der Waals surface area contributed by atoms with E-state index < -0.39 is 4.92 Å². The predicted octanol–water partition coefficient (Wildman–Crippen LogP) is 3.74. The lowest BCUT2D eigenvalue weighted by Crippen LogP contribution is -2.17. The van der Waals surface area contributed by atoms with Crippen LogP contribution in [0.1, 0.15) is 32.1 Å². The molecule has 1 aliphatic carbocycles. The summed E-state index contributed by atoms with van der Waals surface area (Å²) in [6.07, 6.45) is 7.77. The van der Waals surface area contributed by atoms with Crippen molar-refractivity contribution in [2.75, 3.05) is 11.9 Å². The molecule has 0 amide bonds. The van der Waals surface area contributed by atoms with Crippen molar-refractivity contribution in [2.45, 2.75) is 32.1 Å². The number of halogens is 1. The molecule has 18 heavy (non-hydrogen) atoms. The standard InChI is InChI=1S/C12H16BrN3O2/c13-11-6-10(16(17)18)8-15-12(11)14-7-9-4-2-1-3-5-9/h6,8-9H,1-5,7H2,(H,14,15). The fourth-order valence-electron chi connectivity index (χ4n) is 2.29. The predicted molar refractivity (Wildman–Crippen MR) is 73.7 cm³/mol. The van der Waals surface area contributed by atoms with Crippen LogP contribution in [-0.4, -0.2) is 16.5 Å². The van der Waals surface area contributed by atoms with Crippen molar-refractivity contribution in [1.82, 2.24) is 4.98 Å². The topological polar surface area (TPSA) is 68.1 Å². The van der Waals surface area contributed by atoms with E-state index >= 15 is 0 Å². The molecule has 0 bridgehead atoms. The summed E-state index contributed by atoms with van der Waals surface area (Å²) in [6.45, 7) is 0.892. The third-order valence-electron chi connectivity index (χ3n) is 3.32. The Balaban J connectivity index is 1.94. The van der Waals surface area contributed by atoms with Crippen molar-refractivity contribution in [3.05, 3.63) is 26.9 Å². The van der Waals surface area contributed by atoms with Crippen molar-refractivity contribution in [1.29, 1.82) is 0 Å². The van der Waals surface area contributed by atoms with Crippen molar-refractivity contribution < 1.29 is 4.92 Å². The zero-order chi connectivity index (χ0) is 13.0. The molecule has 0 aromatic carbocycles. The Morgan fingerprint density at radius 3 is 2.78 bits per heavy atom. The highest BCUT2D eigenvalue weighted by molar-refractivity contribution is 9.10. The molecule has 1 N–H and O–H groups in total. The zero-order valence-corrected chi connectivity index (χ0v) is 11.6. The van der Waals surface area contributed by atoms with Crippen LogP contribution >= 0.6 is 15.9 Å². The fourth-order valence-corrected chi connectivity index (χ4v) is 2.77. The summed E-state index contributed by atoms with van der Waals surface area (Å²) >= 11 is 3.31. The van der Waals surface area contributed by atoms with E-state index in [2.05, 4.69) is 26.2 Å². The Morgan fingerprint density at radius 1 is 1.44 bits per heavy atom. The van der Waals surface area contributed by atoms with Gasteiger partial charge in [-0.15, -0.1) is 0 Å². The van der Waals surface area contributed by atoms with Gasteiger partial charge in [-0.05, 0) is 34.7 Å². The highest BCUT2D eigenvalue weighted by Gasteiger charge is 2.15. The van der Waals surface area contributed by atoms with E-state index in [0.29, 0.717) is 16.2 Å². The molecule has 0 atom stereocenters. The van der Waals surface area contributed by atoms with Gasteiger partial charge in [0.25, 0.3) is 5.69 Å². The van der Waals surface area contributed by atoms with Gasteiger partial charge in [-0.3, -0.25) is 10.1 Å². The zero-order valence-electron chi connectivity index (χ0n) is 10.1. The number of rotatable bonds is 4. The molecule has 1 aliphatic rings. The molecule has 1 saturated carbocycles. The molecule has 0 radical (unpaired) electrons. The number of nitrogens with zero attached hydrogens (tertiary/aromatic N) is 2. The Hall–Kier alpha value is -1.17. The number of hydrogen-bond acceptors (Lipinski definition) is 4. The monoisotopic (exact) mass is 313 g/mol. The summed E-state index contributed by atoms with van der Waals surface area (Å²) < 4.78 is 0.646. The third kappa shape index (κ3) is 3.41. The van der Waals surface area contributed by atoms with Gasteiger partial charge in [-0.2, -0.15) is 0 Å². The maximum atomic E-state index is 10.6. The molecule has 6 heteroatoms. The molecular weight excluding hydrogens is 298 g/mol. The molecular formula is C12H16BrN3O2. The number of nitrogens with one attached hydrogen (secondary N) is 1. The highest BCUT2D eigenvalue weighted by atomic mass is 79.9. The van der Waals surface area contributed by atoms with Gasteiger partial charge in [0.1, 0.15) is 12.0 Å². The lowest BCUT2D eigenvalue weighted by atomic mass is 9.89. The number of aromatic nitrogens is 1. The molecule has 2 rings (SSSR count). The molecule has 0 spiro atoms. The first kappa shape index (κ1) is 13.3. The highest BCUT2D eigenvalue weighted by Crippen LogP contribution is 2.27. The number of pyridine rings is 1. The quantitative estimate of drug-likeness (QED) is 0.679. The lowest BCUT2D eigenvalue weighted by Gasteiger charge is -2.22. The minimum Gasteiger partial charge on any atom is -0.369 e. The van der Waals surface area contributed by atoms with E-state index in [1.165, 1.54) is 44.4 Å². The maximum absolute atomic E-state index is 10.6. The van der Waals surface area contributed by atoms with Crippen molar-refractivity contribution in [2.24, 2.45) is 5.92 Å². The minimum absolute atomic E-state index is 0.00471. The van der Waals surface area contributed by atoms with Gasteiger partial charge in [0.15, 0.2) is 0 Å². The number of anilines is 1. The average molecular weight is 314 g/mol. The van der Waals surface area contributed by atoms with E-state index in [4.69, 9.17) is 0 Å². The van der Waals surface area contributed by atoms with Crippen molar-refractivity contribution >= 4 is 27.4 Å². The minimum atomic E-state index is -0.442. The van der Waals surface area contributed by atoms with Crippen LogP contribution in [0.5, 0.6) is 0 Å². The molecule has 0 saturated heterocycles. The van der Waals surface area contributed by atoms with Gasteiger partial charge in [-0.1, -0.05) is 19.3 Å². The van der Waals surface area contributed by atoms with E-state index in [9.17, 15) is 10.1 Å². The van der Waals surface area contributed by atoms with Crippen LogP contribution in [0.2, 0.25) is 0 Å². The summed E-state index contributed by atoms with van der Waals surface area (Å²) in [6, 6.07) is 1.48. The molecule has 1 aromatic rings. The third-order valence-corrected chi connectivity index (χ3v) is 3.92. The largest absolute Gasteiger partial charge is 0.369 e. The summed E-state index contributed by atoms with van der Waals surface area (Å²) in [5, 5.41) is 13.9. The van der Waals surface area contributed by atoms with E-state index in [-0.39, 0.29) is 5.69 Å². The fraction of sp³-hybridized carbons (Fsp3) is 0.583. The van der Waals surface area contributed by atoms with Crippen LogP contribution in [0.3, 0.4) is 0 Å². The average Bonchev–Trinajstić information content (AvgIpc) is 2.38. The summed E-state index contributed by atoms with van der Waals surface area (Å²) in [4.78, 5) is 14.2. The van der Waals surface area contributed by atoms with Crippen LogP contribution in [-0.2, 0) is 0 Å². The van der Waals surface area contributed by atoms with Gasteiger partial charge in [0.2, 0.25) is 0 Å². The molecule has 1 fully saturated rings. The molecule has 5 nitrogen and oxygen atoms in total. The number of hydrogen-bond donors (Lipinski definition) is 1. The van der Waals surface area contributed by atoms with Crippen LogP contribution in [0, 0.1) is 16.0 Å². The van der Waals surface area contributed by atoms with Gasteiger partial charge >= 0.3 is 0 Å². The first-order chi connectivity index (χ1) is 8.66. The van der Waals surface area contributed by atoms with Crippen molar-refractivity contribution in [3.8, 4) is 0 Å². The van der Waals surface area contributed by atoms with Gasteiger partial charge in [0.05, 0.1) is 9.40 Å². The second-order valence-corrected chi connectivity index (χ2v) is 5.52. The summed E-state index contributed by atoms with van der Waals surface area (Å²) in [5.41, 5.74) is 0.00471. The smallest absolute Gasteiger partial charge is 0.288 e. The van der Waals surface area contributed by atoms with Crippen LogP contribution < -0.4 is 5.32 Å². The van der Waals surface area contributed by atoms with E-state index in [1.807, 2.05) is 0 Å². The van der Waals surface area contributed by atoms with Gasteiger partial charge in [0, 0.05) is 12.6 Å². The number of nitro groups is 1. The van der Waals surface area contributed by atoms with Gasteiger partial charge in [-0.25, -0.2) is 4.98 Å². The Bertz CT molecular complexity index is 433. The Kier molecular flexibility index (Phi) is 4.52. The first-order valence-corrected chi connectivity index (χ1v) is 7.00. The molecule has 0 aliphatic heterocycles. The maximum Gasteiger partial charge on any atom is 0.288 e. The van der Waals surface area contributed by atoms with E-state index in [0.717, 1.165) is 6.54 Å². The molecule has 98 valence electrons. The first-order valence-electron chi connectivity index (χ1n) is 6.20. The van der Waals surface area contributed by atoms with Crippen LogP contribution in [0.4, 0.5) is 11.5 Å². The second-order valence-electron chi connectivity index (χ2n) is 4.67. The molecule has 0 unspecified atom stereocenters. The van der Waals surface area contributed by atoms with Crippen LogP contribution in [0.15, 0.2) is 16.7 Å². The second kappa shape index (κ2) is 6.13. The molecule has 1 heterocycles. The summed E-state index contributed by atoms with van der Waals surface area (Å²) in [7, 11) is 0. The van der Waals surface area contributed by atoms with Crippen molar-refractivity contribution in [3.63, 3.8) is 0 Å². The van der Waals surface area contributed by atoms with Crippen LogP contribution in [0.25, 0.3) is 0 Å². The Labute approximate surface area is 114 Å². The normalized spacial score (nSPS) is 16.5. The van der Waals surface area contributed by atoms with Gasteiger partial charge < -0.3 is 5.32 Å². The summed E-state index contributed by atoms with van der Waals surface area (Å²) in [5.74, 6) is 1.38. The molecule has 1 aromatic heterocycles. The Morgan fingerprint density at radius 2 is 2.17 bits per heavy atom. The van der Waals surface area contributed by atoms with E-state index in [1.54, 1.807) is 0 Å². The lowest BCUT2D eigenvalue weighted by molar-refractivity contribution is -0.385. The SMILES string of the molecule is O=[N+]([O-])c1cnc(NCC2CCCCC2)c(Br)c1.